The van der Waals surface area contributed by atoms with E-state index in [1.54, 1.807) is 23.0 Å². The Morgan fingerprint density at radius 1 is 1.05 bits per heavy atom. The molecule has 192 valence electrons. The number of carbonyl (C=O) groups is 1. The van der Waals surface area contributed by atoms with E-state index in [0.717, 1.165) is 52.8 Å². The number of benzene rings is 2. The van der Waals surface area contributed by atoms with Gasteiger partial charge in [-0.05, 0) is 65.9 Å². The number of aromatic nitrogens is 7. The molecule has 2 aromatic carbocycles. The van der Waals surface area contributed by atoms with Crippen LogP contribution in [0.15, 0.2) is 71.9 Å². The molecule has 0 aliphatic rings. The van der Waals surface area contributed by atoms with Crippen molar-refractivity contribution in [1.82, 2.24) is 34.7 Å². The van der Waals surface area contributed by atoms with E-state index < -0.39 is 0 Å². The molecule has 0 saturated heterocycles. The van der Waals surface area contributed by atoms with Crippen LogP contribution in [0.25, 0.3) is 28.2 Å². The fourth-order valence-corrected chi connectivity index (χ4v) is 4.75. The molecule has 3 aromatic heterocycles. The molecule has 5 aromatic rings. The Morgan fingerprint density at radius 3 is 2.58 bits per heavy atom. The number of unbranched alkanes of at least 4 members (excludes halogenated alkanes) is 1. The molecular formula is C29H29N7O2. The Hall–Kier alpha value is -4.66. The molecule has 0 bridgehead atoms. The second kappa shape index (κ2) is 10.8. The molecule has 1 N–H and O–H groups in total. The minimum absolute atomic E-state index is 0.0649. The van der Waals surface area contributed by atoms with Crippen molar-refractivity contribution in [2.45, 2.75) is 46.6 Å². The second-order valence-corrected chi connectivity index (χ2v) is 9.36. The van der Waals surface area contributed by atoms with Crippen molar-refractivity contribution in [2.75, 3.05) is 0 Å². The number of aromatic amines is 1. The standard InChI is InChI=1S/C29H29N7O2/c1-4-5-8-23-18-36(27-19(2)7-6-9-24(27)20(3)37)29(38)35(23)17-21-10-12-22(13-11-21)26-16-30-15-14-25(26)28-31-33-34-32-28/h6-7,9-16,18H,4-5,8,17H2,1-3H3,(H,31,32,33,34). The van der Waals surface area contributed by atoms with E-state index in [4.69, 9.17) is 0 Å². The molecule has 5 rings (SSSR count). The molecule has 38 heavy (non-hydrogen) atoms. The first-order valence-electron chi connectivity index (χ1n) is 12.7. The fraction of sp³-hybridized carbons (Fsp3) is 0.241. The lowest BCUT2D eigenvalue weighted by molar-refractivity contribution is 0.101. The van der Waals surface area contributed by atoms with Crippen molar-refractivity contribution in [3.8, 4) is 28.2 Å². The SMILES string of the molecule is CCCCc1cn(-c2c(C)cccc2C(C)=O)c(=O)n1Cc1ccc(-c2cnccc2-c2nnn[nH]2)cc1. The highest BCUT2D eigenvalue weighted by molar-refractivity contribution is 5.98. The Bertz CT molecular complexity index is 1630. The van der Waals surface area contributed by atoms with E-state index >= 15 is 0 Å². The van der Waals surface area contributed by atoms with Crippen LogP contribution in [0.4, 0.5) is 0 Å². The van der Waals surface area contributed by atoms with Gasteiger partial charge in [0.25, 0.3) is 0 Å². The molecule has 9 heteroatoms. The number of hydrogen-bond acceptors (Lipinski definition) is 6. The molecule has 0 amide bonds. The maximum Gasteiger partial charge on any atom is 0.333 e. The average molecular weight is 508 g/mol. The van der Waals surface area contributed by atoms with Gasteiger partial charge in [-0.25, -0.2) is 9.89 Å². The average Bonchev–Trinajstić information content (AvgIpc) is 3.57. The maximum atomic E-state index is 13.7. The largest absolute Gasteiger partial charge is 0.333 e. The van der Waals surface area contributed by atoms with E-state index in [2.05, 4.69) is 32.5 Å². The van der Waals surface area contributed by atoms with Crippen molar-refractivity contribution in [3.63, 3.8) is 0 Å². The number of rotatable bonds is 9. The fourth-order valence-electron chi connectivity index (χ4n) is 4.75. The zero-order valence-electron chi connectivity index (χ0n) is 21.7. The van der Waals surface area contributed by atoms with Crippen LogP contribution in [-0.2, 0) is 13.0 Å². The van der Waals surface area contributed by atoms with E-state index in [0.29, 0.717) is 23.6 Å². The highest BCUT2D eigenvalue weighted by atomic mass is 16.2. The van der Waals surface area contributed by atoms with Crippen LogP contribution >= 0.6 is 0 Å². The first-order valence-corrected chi connectivity index (χ1v) is 12.7. The number of ketones is 1. The van der Waals surface area contributed by atoms with Gasteiger partial charge in [0.15, 0.2) is 11.6 Å². The lowest BCUT2D eigenvalue weighted by atomic mass is 10.0. The first kappa shape index (κ1) is 25.0. The molecule has 0 unspecified atom stereocenters. The molecule has 3 heterocycles. The van der Waals surface area contributed by atoms with Gasteiger partial charge in [-0.15, -0.1) is 5.10 Å². The molecular weight excluding hydrogens is 478 g/mol. The molecule has 0 spiro atoms. The van der Waals surface area contributed by atoms with Crippen LogP contribution in [-0.4, -0.2) is 40.5 Å². The minimum Gasteiger partial charge on any atom is -0.294 e. The quantitative estimate of drug-likeness (QED) is 0.287. The van der Waals surface area contributed by atoms with E-state index in [1.165, 1.54) is 6.92 Å². The highest BCUT2D eigenvalue weighted by Crippen LogP contribution is 2.29. The highest BCUT2D eigenvalue weighted by Gasteiger charge is 2.19. The number of carbonyl (C=O) groups excluding carboxylic acids is 1. The third kappa shape index (κ3) is 4.82. The van der Waals surface area contributed by atoms with Gasteiger partial charge in [0.1, 0.15) is 0 Å². The normalized spacial score (nSPS) is 11.1. The summed E-state index contributed by atoms with van der Waals surface area (Å²) in [6, 6.07) is 15.5. The first-order chi connectivity index (χ1) is 18.5. The Balaban J connectivity index is 1.51. The van der Waals surface area contributed by atoms with Crippen LogP contribution in [0.3, 0.4) is 0 Å². The number of nitrogens with one attached hydrogen (secondary N) is 1. The van der Waals surface area contributed by atoms with Crippen molar-refractivity contribution >= 4 is 5.78 Å². The van der Waals surface area contributed by atoms with Crippen molar-refractivity contribution < 1.29 is 4.79 Å². The van der Waals surface area contributed by atoms with Crippen LogP contribution in [0, 0.1) is 6.92 Å². The number of hydrogen-bond donors (Lipinski definition) is 1. The summed E-state index contributed by atoms with van der Waals surface area (Å²) in [5.74, 6) is 0.506. The molecule has 0 saturated carbocycles. The summed E-state index contributed by atoms with van der Waals surface area (Å²) < 4.78 is 3.45. The summed E-state index contributed by atoms with van der Waals surface area (Å²) in [6.07, 6.45) is 8.16. The number of nitrogens with zero attached hydrogens (tertiary/aromatic N) is 6. The predicted molar refractivity (Wildman–Crippen MR) is 145 cm³/mol. The monoisotopic (exact) mass is 507 g/mol. The van der Waals surface area contributed by atoms with Crippen LogP contribution in [0.2, 0.25) is 0 Å². The Labute approximate surface area is 220 Å². The lowest BCUT2D eigenvalue weighted by Crippen LogP contribution is -2.26. The predicted octanol–water partition coefficient (Wildman–Crippen LogP) is 4.78. The molecule has 0 atom stereocenters. The summed E-state index contributed by atoms with van der Waals surface area (Å²) in [4.78, 5) is 30.4. The number of tetrazole rings is 1. The number of pyridine rings is 1. The van der Waals surface area contributed by atoms with Crippen molar-refractivity contribution in [3.05, 3.63) is 100.0 Å². The number of imidazole rings is 1. The molecule has 9 nitrogen and oxygen atoms in total. The van der Waals surface area contributed by atoms with Crippen LogP contribution in [0.5, 0.6) is 0 Å². The van der Waals surface area contributed by atoms with Gasteiger partial charge in [-0.3, -0.25) is 18.9 Å². The van der Waals surface area contributed by atoms with E-state index in [1.807, 2.05) is 60.2 Å². The maximum absolute atomic E-state index is 13.7. The number of H-pyrrole nitrogens is 1. The van der Waals surface area contributed by atoms with Gasteiger partial charge in [-0.2, -0.15) is 0 Å². The van der Waals surface area contributed by atoms with Crippen LogP contribution in [0.1, 0.15) is 53.9 Å². The third-order valence-electron chi connectivity index (χ3n) is 6.73. The molecule has 0 aliphatic carbocycles. The van der Waals surface area contributed by atoms with E-state index in [-0.39, 0.29) is 11.5 Å². The summed E-state index contributed by atoms with van der Waals surface area (Å²) in [7, 11) is 0. The number of para-hydroxylation sites is 1. The summed E-state index contributed by atoms with van der Waals surface area (Å²) in [6.45, 7) is 6.03. The zero-order valence-corrected chi connectivity index (χ0v) is 21.7. The topological polar surface area (TPSA) is 111 Å². The summed E-state index contributed by atoms with van der Waals surface area (Å²) in [5, 5.41) is 14.2. The molecule has 0 fully saturated rings. The van der Waals surface area contributed by atoms with Gasteiger partial charge in [-0.1, -0.05) is 49.7 Å². The lowest BCUT2D eigenvalue weighted by Gasteiger charge is -2.11. The minimum atomic E-state index is -0.149. The zero-order chi connectivity index (χ0) is 26.6. The van der Waals surface area contributed by atoms with Gasteiger partial charge in [0.05, 0.1) is 12.2 Å². The Kier molecular flexibility index (Phi) is 7.08. The number of aryl methyl sites for hydroxylation is 2. The van der Waals surface area contributed by atoms with Gasteiger partial charge >= 0.3 is 5.69 Å². The summed E-state index contributed by atoms with van der Waals surface area (Å²) in [5.41, 5.74) is 6.61. The molecule has 0 radical (unpaired) electrons. The third-order valence-corrected chi connectivity index (χ3v) is 6.73. The second-order valence-electron chi connectivity index (χ2n) is 9.36. The van der Waals surface area contributed by atoms with Gasteiger partial charge < -0.3 is 0 Å². The van der Waals surface area contributed by atoms with Gasteiger partial charge in [0.2, 0.25) is 0 Å². The van der Waals surface area contributed by atoms with E-state index in [9.17, 15) is 9.59 Å². The van der Waals surface area contributed by atoms with Gasteiger partial charge in [0, 0.05) is 41.0 Å². The summed E-state index contributed by atoms with van der Waals surface area (Å²) >= 11 is 0. The Morgan fingerprint density at radius 2 is 1.87 bits per heavy atom. The smallest absolute Gasteiger partial charge is 0.294 e. The molecule has 0 aliphatic heterocycles. The van der Waals surface area contributed by atoms with Crippen molar-refractivity contribution in [2.24, 2.45) is 0 Å². The van der Waals surface area contributed by atoms with Crippen LogP contribution < -0.4 is 5.69 Å². The number of Topliss-reactive ketones (excluding diaryl/α,β-unsaturated/α-hetero) is 1. The van der Waals surface area contributed by atoms with Crippen molar-refractivity contribution in [1.29, 1.82) is 0 Å².